The Balaban J connectivity index is 1.84. The second-order valence-electron chi connectivity index (χ2n) is 6.80. The summed E-state index contributed by atoms with van der Waals surface area (Å²) in [5.41, 5.74) is 1.68. The van der Waals surface area contributed by atoms with E-state index in [0.717, 1.165) is 36.1 Å². The van der Waals surface area contributed by atoms with Crippen LogP contribution in [0.1, 0.15) is 57.8 Å². The number of benzene rings is 1. The maximum absolute atomic E-state index is 12.7. The maximum atomic E-state index is 12.7. The Labute approximate surface area is 172 Å². The number of hydrogen-bond acceptors (Lipinski definition) is 5. The van der Waals surface area contributed by atoms with Gasteiger partial charge < -0.3 is 14.8 Å². The molecule has 1 N–H and O–H groups in total. The lowest BCUT2D eigenvalue weighted by Gasteiger charge is -2.20. The van der Waals surface area contributed by atoms with Crippen molar-refractivity contribution < 1.29 is 27.8 Å². The van der Waals surface area contributed by atoms with Gasteiger partial charge in [0.25, 0.3) is 5.91 Å². The lowest BCUT2D eigenvalue weighted by atomic mass is 9.85. The number of nitrogens with one attached hydrogen (secondary N) is 1. The minimum absolute atomic E-state index is 0.0269. The summed E-state index contributed by atoms with van der Waals surface area (Å²) in [6.07, 6.45) is 3.75. The van der Waals surface area contributed by atoms with E-state index in [1.165, 1.54) is 35.6 Å². The van der Waals surface area contributed by atoms with Crippen molar-refractivity contribution in [2.45, 2.75) is 46.1 Å². The largest absolute Gasteiger partial charge is 0.462 e. The monoisotopic (exact) mass is 423 g/mol. The molecular weight excluding hydrogens is 400 g/mol. The van der Waals surface area contributed by atoms with Crippen LogP contribution in [-0.4, -0.2) is 25.1 Å². The van der Waals surface area contributed by atoms with Crippen molar-refractivity contribution in [3.05, 3.63) is 45.8 Å². The fraction of sp³-hybridized carbons (Fsp3) is 0.429. The van der Waals surface area contributed by atoms with Gasteiger partial charge in [0.1, 0.15) is 10.8 Å². The second-order valence-corrected chi connectivity index (χ2v) is 7.91. The van der Waals surface area contributed by atoms with Crippen molar-refractivity contribution in [1.82, 2.24) is 0 Å². The molecule has 1 amide bonds. The van der Waals surface area contributed by atoms with Crippen LogP contribution in [0.15, 0.2) is 24.3 Å². The number of esters is 1. The van der Waals surface area contributed by atoms with Crippen LogP contribution in [0, 0.1) is 5.92 Å². The average Bonchev–Trinajstić information content (AvgIpc) is 3.05. The number of ether oxygens (including phenoxy) is 2. The van der Waals surface area contributed by atoms with Gasteiger partial charge in [0.05, 0.1) is 12.2 Å². The maximum Gasteiger partial charge on any atom is 0.387 e. The van der Waals surface area contributed by atoms with Gasteiger partial charge in [0.2, 0.25) is 0 Å². The summed E-state index contributed by atoms with van der Waals surface area (Å²) in [5, 5.41) is 3.28. The Bertz CT molecular complexity index is 880. The molecule has 0 radical (unpaired) electrons. The van der Waals surface area contributed by atoms with Gasteiger partial charge in [-0.3, -0.25) is 4.79 Å². The fourth-order valence-corrected chi connectivity index (χ4v) is 4.82. The first-order valence-corrected chi connectivity index (χ1v) is 10.4. The first-order valence-electron chi connectivity index (χ1n) is 9.60. The highest BCUT2D eigenvalue weighted by molar-refractivity contribution is 7.17. The highest BCUT2D eigenvalue weighted by Gasteiger charge is 2.30. The first kappa shape index (κ1) is 21.2. The van der Waals surface area contributed by atoms with Gasteiger partial charge >= 0.3 is 12.6 Å². The van der Waals surface area contributed by atoms with Crippen LogP contribution in [0.5, 0.6) is 5.75 Å². The van der Waals surface area contributed by atoms with Gasteiger partial charge in [-0.15, -0.1) is 11.3 Å². The number of hydrogen-bond donors (Lipinski definition) is 1. The lowest BCUT2D eigenvalue weighted by Crippen LogP contribution is -2.17. The summed E-state index contributed by atoms with van der Waals surface area (Å²) in [4.78, 5) is 26.3. The number of amides is 1. The van der Waals surface area contributed by atoms with Crippen molar-refractivity contribution in [1.29, 1.82) is 0 Å². The van der Waals surface area contributed by atoms with E-state index in [1.807, 2.05) is 0 Å². The van der Waals surface area contributed by atoms with Gasteiger partial charge in [0, 0.05) is 10.4 Å². The van der Waals surface area contributed by atoms with E-state index in [2.05, 4.69) is 17.0 Å². The zero-order valence-electron chi connectivity index (χ0n) is 16.3. The highest BCUT2D eigenvalue weighted by atomic mass is 32.1. The summed E-state index contributed by atoms with van der Waals surface area (Å²) >= 11 is 1.41. The Morgan fingerprint density at radius 3 is 2.59 bits per heavy atom. The molecule has 1 aromatic carbocycles. The van der Waals surface area contributed by atoms with E-state index < -0.39 is 18.5 Å². The quantitative estimate of drug-likeness (QED) is 0.615. The number of carbonyl (C=O) groups excluding carboxylic acids is 2. The summed E-state index contributed by atoms with van der Waals surface area (Å²) in [6, 6.07) is 5.41. The number of anilines is 1. The zero-order chi connectivity index (χ0) is 21.0. The van der Waals surface area contributed by atoms with Crippen molar-refractivity contribution >= 4 is 28.2 Å². The number of fused-ring (bicyclic) bond motifs is 1. The molecule has 29 heavy (non-hydrogen) atoms. The SMILES string of the molecule is CCOC(=O)c1c(NC(=O)c2ccc(OC(F)F)cc2)sc2c1CC[C@H](CC)C2. The third-order valence-corrected chi connectivity index (χ3v) is 6.16. The topological polar surface area (TPSA) is 64.6 Å². The molecule has 1 heterocycles. The molecule has 1 aliphatic rings. The molecule has 0 unspecified atom stereocenters. The van der Waals surface area contributed by atoms with Crippen LogP contribution in [0.25, 0.3) is 0 Å². The highest BCUT2D eigenvalue weighted by Crippen LogP contribution is 2.41. The molecule has 156 valence electrons. The van der Waals surface area contributed by atoms with Gasteiger partial charge in [0.15, 0.2) is 0 Å². The first-order chi connectivity index (χ1) is 13.9. The molecule has 0 fully saturated rings. The number of halogens is 2. The smallest absolute Gasteiger partial charge is 0.387 e. The lowest BCUT2D eigenvalue weighted by molar-refractivity contribution is -0.0498. The minimum atomic E-state index is -2.92. The standard InChI is InChI=1S/C21H23F2NO4S/c1-3-12-5-10-15-16(11-12)29-19(17(15)20(26)27-4-2)24-18(25)13-6-8-14(9-7-13)28-21(22)23/h6-9,12,21H,3-5,10-11H2,1-2H3,(H,24,25)/t12-/m0/s1. The normalized spacial score (nSPS) is 15.7. The van der Waals surface area contributed by atoms with Crippen molar-refractivity contribution in [2.24, 2.45) is 5.92 Å². The van der Waals surface area contributed by atoms with E-state index in [1.54, 1.807) is 6.92 Å². The summed E-state index contributed by atoms with van der Waals surface area (Å²) in [7, 11) is 0. The molecule has 1 atom stereocenters. The van der Waals surface area contributed by atoms with Gasteiger partial charge in [-0.2, -0.15) is 8.78 Å². The second kappa shape index (κ2) is 9.35. The molecule has 2 aromatic rings. The average molecular weight is 423 g/mol. The van der Waals surface area contributed by atoms with Crippen LogP contribution in [-0.2, 0) is 17.6 Å². The number of rotatable bonds is 7. The van der Waals surface area contributed by atoms with Crippen molar-refractivity contribution in [3.8, 4) is 5.75 Å². The molecule has 0 spiro atoms. The molecule has 0 bridgehead atoms. The number of alkyl halides is 2. The van der Waals surface area contributed by atoms with Crippen LogP contribution in [0.4, 0.5) is 13.8 Å². The van der Waals surface area contributed by atoms with E-state index in [0.29, 0.717) is 16.5 Å². The molecule has 1 aromatic heterocycles. The molecule has 8 heteroatoms. The van der Waals surface area contributed by atoms with E-state index in [-0.39, 0.29) is 17.9 Å². The number of carbonyl (C=O) groups is 2. The number of thiophene rings is 1. The summed E-state index contributed by atoms with van der Waals surface area (Å²) < 4.78 is 34.1. The predicted octanol–water partition coefficient (Wildman–Crippen LogP) is 5.29. The molecule has 0 saturated heterocycles. The van der Waals surface area contributed by atoms with E-state index >= 15 is 0 Å². The van der Waals surface area contributed by atoms with Crippen LogP contribution in [0.3, 0.4) is 0 Å². The Hall–Kier alpha value is -2.48. The van der Waals surface area contributed by atoms with Crippen molar-refractivity contribution in [3.63, 3.8) is 0 Å². The third-order valence-electron chi connectivity index (χ3n) is 4.99. The third kappa shape index (κ3) is 4.93. The Kier molecular flexibility index (Phi) is 6.84. The molecule has 3 rings (SSSR count). The summed E-state index contributed by atoms with van der Waals surface area (Å²) in [5.74, 6) is -0.316. The molecule has 1 aliphatic carbocycles. The van der Waals surface area contributed by atoms with E-state index in [9.17, 15) is 18.4 Å². The Morgan fingerprint density at radius 1 is 1.24 bits per heavy atom. The molecular formula is C21H23F2NO4S. The van der Waals surface area contributed by atoms with Crippen LogP contribution in [0.2, 0.25) is 0 Å². The minimum Gasteiger partial charge on any atom is -0.462 e. The molecule has 5 nitrogen and oxygen atoms in total. The zero-order valence-corrected chi connectivity index (χ0v) is 17.1. The Morgan fingerprint density at radius 2 is 1.97 bits per heavy atom. The van der Waals surface area contributed by atoms with Gasteiger partial charge in [-0.05, 0) is 61.9 Å². The van der Waals surface area contributed by atoms with Gasteiger partial charge in [-0.25, -0.2) is 4.79 Å². The molecule has 0 aliphatic heterocycles. The predicted molar refractivity (Wildman–Crippen MR) is 107 cm³/mol. The van der Waals surface area contributed by atoms with Crippen LogP contribution < -0.4 is 10.1 Å². The van der Waals surface area contributed by atoms with Crippen LogP contribution >= 0.6 is 11.3 Å². The molecule has 0 saturated carbocycles. The summed E-state index contributed by atoms with van der Waals surface area (Å²) in [6.45, 7) is 1.22. The van der Waals surface area contributed by atoms with E-state index in [4.69, 9.17) is 4.74 Å². The van der Waals surface area contributed by atoms with Gasteiger partial charge in [-0.1, -0.05) is 13.3 Å². The van der Waals surface area contributed by atoms with Crippen molar-refractivity contribution in [2.75, 3.05) is 11.9 Å². The fourth-order valence-electron chi connectivity index (χ4n) is 3.47.